The van der Waals surface area contributed by atoms with Gasteiger partial charge in [-0.1, -0.05) is 41.7 Å². The highest BCUT2D eigenvalue weighted by atomic mass is 32.1. The van der Waals surface area contributed by atoms with Crippen LogP contribution >= 0.6 is 11.3 Å². The Hall–Kier alpha value is -2.11. The first-order valence-corrected chi connectivity index (χ1v) is 10.7. The molecule has 1 unspecified atom stereocenters. The number of nitrogens with zero attached hydrogens (tertiary/aromatic N) is 1. The molecule has 0 amide bonds. The van der Waals surface area contributed by atoms with Crippen LogP contribution in [0.3, 0.4) is 0 Å². The van der Waals surface area contributed by atoms with Crippen molar-refractivity contribution in [2.75, 3.05) is 25.0 Å². The highest BCUT2D eigenvalue weighted by Gasteiger charge is 2.24. The maximum atomic E-state index is 5.89. The minimum Gasteiger partial charge on any atom is -0.494 e. The maximum Gasteiger partial charge on any atom is 0.184 e. The van der Waals surface area contributed by atoms with Gasteiger partial charge >= 0.3 is 0 Å². The minimum absolute atomic E-state index is 0.451. The standard InChI is InChI=1S/C22H27N3OS/c1-2-7-18(8-3-1)26-16-6-10-19(17-12-14-23-15-13-17)24-22-25-20-9-4-5-11-21(20)27-22/h1-5,7-9,11,17,19,23H,6,10,12-16H2,(H,24,25). The van der Waals surface area contributed by atoms with Gasteiger partial charge in [-0.05, 0) is 69.0 Å². The molecular formula is C22H27N3OS. The Morgan fingerprint density at radius 3 is 2.67 bits per heavy atom. The van der Waals surface area contributed by atoms with Crippen LogP contribution in [-0.2, 0) is 0 Å². The highest BCUT2D eigenvalue weighted by Crippen LogP contribution is 2.29. The molecule has 1 fully saturated rings. The summed E-state index contributed by atoms with van der Waals surface area (Å²) >= 11 is 1.76. The number of para-hydroxylation sites is 2. The number of aromatic nitrogens is 1. The van der Waals surface area contributed by atoms with Crippen molar-refractivity contribution < 1.29 is 4.74 Å². The lowest BCUT2D eigenvalue weighted by atomic mass is 9.88. The molecule has 27 heavy (non-hydrogen) atoms. The first-order chi connectivity index (χ1) is 13.4. The first kappa shape index (κ1) is 18.3. The van der Waals surface area contributed by atoms with E-state index in [4.69, 9.17) is 9.72 Å². The van der Waals surface area contributed by atoms with E-state index in [1.807, 2.05) is 30.3 Å². The van der Waals surface area contributed by atoms with Crippen LogP contribution < -0.4 is 15.4 Å². The van der Waals surface area contributed by atoms with Gasteiger partial charge in [0.1, 0.15) is 5.75 Å². The molecule has 5 heteroatoms. The minimum atomic E-state index is 0.451. The number of ether oxygens (including phenoxy) is 1. The summed E-state index contributed by atoms with van der Waals surface area (Å²) in [7, 11) is 0. The van der Waals surface area contributed by atoms with Gasteiger partial charge in [-0.3, -0.25) is 0 Å². The molecule has 2 aromatic carbocycles. The lowest BCUT2D eigenvalue weighted by Gasteiger charge is -2.31. The molecule has 1 aliphatic heterocycles. The van der Waals surface area contributed by atoms with E-state index in [0.29, 0.717) is 12.0 Å². The van der Waals surface area contributed by atoms with Gasteiger partial charge in [0.15, 0.2) is 5.13 Å². The summed E-state index contributed by atoms with van der Waals surface area (Å²) in [5, 5.41) is 8.28. The number of nitrogens with one attached hydrogen (secondary N) is 2. The molecule has 142 valence electrons. The number of hydrogen-bond donors (Lipinski definition) is 2. The second-order valence-electron chi connectivity index (χ2n) is 7.13. The van der Waals surface area contributed by atoms with Crippen molar-refractivity contribution in [1.29, 1.82) is 0 Å². The van der Waals surface area contributed by atoms with E-state index >= 15 is 0 Å². The largest absolute Gasteiger partial charge is 0.494 e. The Balaban J connectivity index is 1.37. The molecule has 1 atom stereocenters. The SMILES string of the molecule is c1ccc(OCCCC(Nc2nc3ccccc3s2)C2CCNCC2)cc1. The summed E-state index contributed by atoms with van der Waals surface area (Å²) in [6.07, 6.45) is 4.60. The zero-order valence-corrected chi connectivity index (χ0v) is 16.4. The van der Waals surface area contributed by atoms with E-state index < -0.39 is 0 Å². The average Bonchev–Trinajstić information content (AvgIpc) is 3.14. The maximum absolute atomic E-state index is 5.89. The summed E-state index contributed by atoms with van der Waals surface area (Å²) in [4.78, 5) is 4.78. The predicted molar refractivity (Wildman–Crippen MR) is 114 cm³/mol. The zero-order chi connectivity index (χ0) is 18.3. The molecule has 4 nitrogen and oxygen atoms in total. The zero-order valence-electron chi connectivity index (χ0n) is 15.6. The molecule has 2 heterocycles. The molecule has 0 spiro atoms. The number of anilines is 1. The second kappa shape index (κ2) is 9.20. The van der Waals surface area contributed by atoms with Crippen LogP contribution in [0.2, 0.25) is 0 Å². The fourth-order valence-corrected chi connectivity index (χ4v) is 4.70. The normalized spacial score (nSPS) is 16.3. The lowest BCUT2D eigenvalue weighted by molar-refractivity contribution is 0.275. The lowest BCUT2D eigenvalue weighted by Crippen LogP contribution is -2.38. The molecule has 0 saturated carbocycles. The molecule has 0 radical (unpaired) electrons. The highest BCUT2D eigenvalue weighted by molar-refractivity contribution is 7.22. The van der Waals surface area contributed by atoms with Crippen LogP contribution in [-0.4, -0.2) is 30.7 Å². The molecule has 2 N–H and O–H groups in total. The van der Waals surface area contributed by atoms with Crippen molar-refractivity contribution in [2.45, 2.75) is 31.7 Å². The summed E-state index contributed by atoms with van der Waals surface area (Å²) in [5.74, 6) is 1.64. The molecule has 1 aliphatic rings. The smallest absolute Gasteiger partial charge is 0.184 e. The number of thiazole rings is 1. The third-order valence-corrected chi connectivity index (χ3v) is 6.19. The van der Waals surface area contributed by atoms with E-state index in [2.05, 4.69) is 34.9 Å². The van der Waals surface area contributed by atoms with Crippen molar-refractivity contribution in [3.8, 4) is 5.75 Å². The second-order valence-corrected chi connectivity index (χ2v) is 8.16. The van der Waals surface area contributed by atoms with Crippen LogP contribution in [0.15, 0.2) is 54.6 Å². The van der Waals surface area contributed by atoms with Gasteiger partial charge in [0.25, 0.3) is 0 Å². The van der Waals surface area contributed by atoms with Crippen molar-refractivity contribution in [3.05, 3.63) is 54.6 Å². The Bertz CT molecular complexity index is 797. The van der Waals surface area contributed by atoms with Crippen LogP contribution in [0.1, 0.15) is 25.7 Å². The quantitative estimate of drug-likeness (QED) is 0.543. The fourth-order valence-electron chi connectivity index (χ4n) is 3.77. The first-order valence-electron chi connectivity index (χ1n) is 9.89. The summed E-state index contributed by atoms with van der Waals surface area (Å²) in [6.45, 7) is 2.99. The fraction of sp³-hybridized carbons (Fsp3) is 0.409. The van der Waals surface area contributed by atoms with Gasteiger partial charge in [-0.25, -0.2) is 4.98 Å². The van der Waals surface area contributed by atoms with Crippen molar-refractivity contribution >= 4 is 26.7 Å². The topological polar surface area (TPSA) is 46.2 Å². The number of rotatable bonds is 8. The number of fused-ring (bicyclic) bond motifs is 1. The molecule has 1 aromatic heterocycles. The Labute approximate surface area is 165 Å². The van der Waals surface area contributed by atoms with Gasteiger partial charge < -0.3 is 15.4 Å². The summed E-state index contributed by atoms with van der Waals surface area (Å²) < 4.78 is 7.14. The van der Waals surface area contributed by atoms with Gasteiger partial charge in [-0.2, -0.15) is 0 Å². The Kier molecular flexibility index (Phi) is 6.22. The Morgan fingerprint density at radius 2 is 1.85 bits per heavy atom. The molecule has 3 aromatic rings. The molecule has 4 rings (SSSR count). The third kappa shape index (κ3) is 4.99. The molecule has 0 aliphatic carbocycles. The van der Waals surface area contributed by atoms with Crippen molar-refractivity contribution in [3.63, 3.8) is 0 Å². The van der Waals surface area contributed by atoms with Crippen LogP contribution in [0.5, 0.6) is 5.75 Å². The van der Waals surface area contributed by atoms with Crippen LogP contribution in [0, 0.1) is 5.92 Å². The van der Waals surface area contributed by atoms with Gasteiger partial charge in [0, 0.05) is 6.04 Å². The van der Waals surface area contributed by atoms with E-state index in [1.165, 1.54) is 17.5 Å². The van der Waals surface area contributed by atoms with Gasteiger partial charge in [0.05, 0.1) is 16.8 Å². The van der Waals surface area contributed by atoms with Gasteiger partial charge in [0.2, 0.25) is 0 Å². The average molecular weight is 382 g/mol. The van der Waals surface area contributed by atoms with E-state index in [1.54, 1.807) is 11.3 Å². The molecule has 0 bridgehead atoms. The monoisotopic (exact) mass is 381 g/mol. The van der Waals surface area contributed by atoms with E-state index in [0.717, 1.165) is 48.9 Å². The number of hydrogen-bond acceptors (Lipinski definition) is 5. The summed E-state index contributed by atoms with van der Waals surface area (Å²) in [6, 6.07) is 18.9. The van der Waals surface area contributed by atoms with E-state index in [9.17, 15) is 0 Å². The van der Waals surface area contributed by atoms with Crippen molar-refractivity contribution in [2.24, 2.45) is 5.92 Å². The number of piperidine rings is 1. The third-order valence-electron chi connectivity index (χ3n) is 5.23. The van der Waals surface area contributed by atoms with Crippen molar-refractivity contribution in [1.82, 2.24) is 10.3 Å². The van der Waals surface area contributed by atoms with Gasteiger partial charge in [-0.15, -0.1) is 0 Å². The number of benzene rings is 2. The molecule has 1 saturated heterocycles. The summed E-state index contributed by atoms with van der Waals surface area (Å²) in [5.41, 5.74) is 1.08. The predicted octanol–water partition coefficient (Wildman–Crippen LogP) is 4.94. The molecular weight excluding hydrogens is 354 g/mol. The van der Waals surface area contributed by atoms with E-state index in [-0.39, 0.29) is 0 Å². The van der Waals surface area contributed by atoms with Crippen LogP contribution in [0.25, 0.3) is 10.2 Å². The van der Waals surface area contributed by atoms with Crippen LogP contribution in [0.4, 0.5) is 5.13 Å². The Morgan fingerprint density at radius 1 is 1.07 bits per heavy atom.